The first kappa shape index (κ1) is 19.2. The lowest BCUT2D eigenvalue weighted by Crippen LogP contribution is -2.00. The minimum atomic E-state index is 0.315. The Hall–Kier alpha value is -2.62. The highest BCUT2D eigenvalue weighted by Crippen LogP contribution is 2.21. The zero-order chi connectivity index (χ0) is 18.9. The van der Waals surface area contributed by atoms with Crippen molar-refractivity contribution in [3.63, 3.8) is 0 Å². The SMILES string of the molecule is O=C(CCCCCCCn1ccc2cc(O)ccc21)CCc1cccnc1. The maximum Gasteiger partial charge on any atom is 0.133 e. The molecule has 3 rings (SSSR count). The molecule has 0 aliphatic rings. The van der Waals surface area contributed by atoms with Gasteiger partial charge in [0.2, 0.25) is 0 Å². The van der Waals surface area contributed by atoms with Gasteiger partial charge in [0.05, 0.1) is 0 Å². The van der Waals surface area contributed by atoms with Gasteiger partial charge in [-0.05, 0) is 55.2 Å². The molecule has 0 spiro atoms. The van der Waals surface area contributed by atoms with E-state index in [4.69, 9.17) is 0 Å². The molecule has 0 aliphatic carbocycles. The molecule has 0 bridgehead atoms. The number of rotatable bonds is 11. The molecule has 0 aliphatic heterocycles. The molecule has 27 heavy (non-hydrogen) atoms. The van der Waals surface area contributed by atoms with Gasteiger partial charge < -0.3 is 9.67 Å². The van der Waals surface area contributed by atoms with Crippen molar-refractivity contribution in [2.45, 2.75) is 57.9 Å². The number of aromatic nitrogens is 2. The Bertz CT molecular complexity index is 855. The summed E-state index contributed by atoms with van der Waals surface area (Å²) in [6.45, 7) is 0.998. The lowest BCUT2D eigenvalue weighted by molar-refractivity contribution is -0.119. The Morgan fingerprint density at radius 2 is 1.85 bits per heavy atom. The van der Waals surface area contributed by atoms with Crippen molar-refractivity contribution in [2.24, 2.45) is 0 Å². The maximum absolute atomic E-state index is 12.0. The molecule has 0 amide bonds. The van der Waals surface area contributed by atoms with E-state index in [-0.39, 0.29) is 0 Å². The van der Waals surface area contributed by atoms with Crippen LogP contribution in [0.2, 0.25) is 0 Å². The highest BCUT2D eigenvalue weighted by atomic mass is 16.3. The van der Waals surface area contributed by atoms with Gasteiger partial charge in [-0.3, -0.25) is 9.78 Å². The first-order chi connectivity index (χ1) is 13.2. The number of phenolic OH excluding ortho intramolecular Hbond substituents is 1. The fourth-order valence-electron chi connectivity index (χ4n) is 3.47. The normalized spacial score (nSPS) is 11.1. The van der Waals surface area contributed by atoms with Gasteiger partial charge in [0.15, 0.2) is 0 Å². The van der Waals surface area contributed by atoms with Crippen LogP contribution in [0.15, 0.2) is 55.0 Å². The lowest BCUT2D eigenvalue weighted by atomic mass is 10.0. The van der Waals surface area contributed by atoms with E-state index in [0.29, 0.717) is 24.4 Å². The van der Waals surface area contributed by atoms with Gasteiger partial charge in [0, 0.05) is 48.9 Å². The van der Waals surface area contributed by atoms with E-state index in [9.17, 15) is 9.90 Å². The zero-order valence-corrected chi connectivity index (χ0v) is 15.8. The predicted molar refractivity (Wildman–Crippen MR) is 109 cm³/mol. The number of hydrogen-bond donors (Lipinski definition) is 1. The smallest absolute Gasteiger partial charge is 0.133 e. The van der Waals surface area contributed by atoms with Crippen LogP contribution in [0.5, 0.6) is 5.75 Å². The summed E-state index contributed by atoms with van der Waals surface area (Å²) >= 11 is 0. The standard InChI is InChI=1S/C23H28N2O2/c26-21(10-9-19-7-6-14-24-18-19)8-4-2-1-3-5-15-25-16-13-20-17-22(27)11-12-23(20)25/h6-7,11-14,16-18,27H,1-5,8-10,15H2. The third-order valence-corrected chi connectivity index (χ3v) is 5.02. The van der Waals surface area contributed by atoms with E-state index in [1.165, 1.54) is 18.4 Å². The second-order valence-electron chi connectivity index (χ2n) is 7.17. The molecule has 142 valence electrons. The minimum Gasteiger partial charge on any atom is -0.508 e. The highest BCUT2D eigenvalue weighted by molar-refractivity contribution is 5.81. The molecule has 0 radical (unpaired) electrons. The molecule has 0 fully saturated rings. The number of phenols is 1. The first-order valence-corrected chi connectivity index (χ1v) is 9.91. The van der Waals surface area contributed by atoms with E-state index in [1.54, 1.807) is 18.3 Å². The number of fused-ring (bicyclic) bond motifs is 1. The molecule has 4 heteroatoms. The maximum atomic E-state index is 12.0. The van der Waals surface area contributed by atoms with Crippen molar-refractivity contribution in [3.8, 4) is 5.75 Å². The van der Waals surface area contributed by atoms with E-state index in [0.717, 1.165) is 43.2 Å². The van der Waals surface area contributed by atoms with Crippen LogP contribution < -0.4 is 0 Å². The quantitative estimate of drug-likeness (QED) is 0.471. The van der Waals surface area contributed by atoms with Crippen LogP contribution in [0.25, 0.3) is 10.9 Å². The van der Waals surface area contributed by atoms with Crippen molar-refractivity contribution in [2.75, 3.05) is 0 Å². The van der Waals surface area contributed by atoms with E-state index < -0.39 is 0 Å². The van der Waals surface area contributed by atoms with Crippen LogP contribution in [-0.4, -0.2) is 20.4 Å². The molecule has 2 aromatic heterocycles. The second kappa shape index (κ2) is 9.91. The number of hydrogen-bond acceptors (Lipinski definition) is 3. The van der Waals surface area contributed by atoms with Crippen molar-refractivity contribution in [1.29, 1.82) is 0 Å². The average Bonchev–Trinajstić information content (AvgIpc) is 3.08. The van der Waals surface area contributed by atoms with Gasteiger partial charge in [-0.2, -0.15) is 0 Å². The number of Topliss-reactive ketones (excluding diaryl/α,β-unsaturated/α-hetero) is 1. The molecule has 4 nitrogen and oxygen atoms in total. The third-order valence-electron chi connectivity index (χ3n) is 5.02. The van der Waals surface area contributed by atoms with Gasteiger partial charge in [-0.25, -0.2) is 0 Å². The number of pyridine rings is 1. The number of aryl methyl sites for hydroxylation is 2. The molecule has 1 N–H and O–H groups in total. The number of unbranched alkanes of at least 4 members (excludes halogenated alkanes) is 4. The summed E-state index contributed by atoms with van der Waals surface area (Å²) in [5.74, 6) is 0.677. The van der Waals surface area contributed by atoms with Gasteiger partial charge >= 0.3 is 0 Å². The fraction of sp³-hybridized carbons (Fsp3) is 0.391. The van der Waals surface area contributed by atoms with Gasteiger partial charge in [0.1, 0.15) is 11.5 Å². The second-order valence-corrected chi connectivity index (χ2v) is 7.17. The summed E-state index contributed by atoms with van der Waals surface area (Å²) in [6.07, 6.45) is 13.4. The molecule has 0 atom stereocenters. The summed E-state index contributed by atoms with van der Waals surface area (Å²) in [4.78, 5) is 16.0. The zero-order valence-electron chi connectivity index (χ0n) is 15.8. The van der Waals surface area contributed by atoms with Crippen LogP contribution >= 0.6 is 0 Å². The van der Waals surface area contributed by atoms with Gasteiger partial charge in [-0.1, -0.05) is 25.3 Å². The topological polar surface area (TPSA) is 55.1 Å². The Kier molecular flexibility index (Phi) is 7.03. The van der Waals surface area contributed by atoms with Crippen molar-refractivity contribution in [3.05, 3.63) is 60.6 Å². The largest absolute Gasteiger partial charge is 0.508 e. The van der Waals surface area contributed by atoms with Crippen molar-refractivity contribution < 1.29 is 9.90 Å². The fourth-order valence-corrected chi connectivity index (χ4v) is 3.47. The molecule has 0 saturated carbocycles. The van der Waals surface area contributed by atoms with E-state index in [1.807, 2.05) is 30.5 Å². The van der Waals surface area contributed by atoms with Crippen LogP contribution in [-0.2, 0) is 17.8 Å². The van der Waals surface area contributed by atoms with Gasteiger partial charge in [-0.15, -0.1) is 0 Å². The lowest BCUT2D eigenvalue weighted by Gasteiger charge is -2.06. The molecule has 3 aromatic rings. The first-order valence-electron chi connectivity index (χ1n) is 9.91. The Morgan fingerprint density at radius 1 is 1.00 bits per heavy atom. The summed E-state index contributed by atoms with van der Waals surface area (Å²) in [5.41, 5.74) is 2.31. The summed E-state index contributed by atoms with van der Waals surface area (Å²) in [6, 6.07) is 11.5. The molecule has 0 unspecified atom stereocenters. The van der Waals surface area contributed by atoms with Crippen LogP contribution in [0.3, 0.4) is 0 Å². The Balaban J connectivity index is 1.25. The molecule has 2 heterocycles. The number of benzene rings is 1. The van der Waals surface area contributed by atoms with Crippen LogP contribution in [0.1, 0.15) is 50.5 Å². The van der Waals surface area contributed by atoms with Gasteiger partial charge in [0.25, 0.3) is 0 Å². The van der Waals surface area contributed by atoms with Crippen LogP contribution in [0, 0.1) is 0 Å². The summed E-state index contributed by atoms with van der Waals surface area (Å²) < 4.78 is 2.25. The minimum absolute atomic E-state index is 0.315. The molecular formula is C23H28N2O2. The van der Waals surface area contributed by atoms with E-state index >= 15 is 0 Å². The summed E-state index contributed by atoms with van der Waals surface area (Å²) in [5, 5.41) is 10.6. The Labute approximate surface area is 160 Å². The molecule has 0 saturated heterocycles. The predicted octanol–water partition coefficient (Wildman–Crippen LogP) is 5.28. The number of ketones is 1. The molecular weight excluding hydrogens is 336 g/mol. The average molecular weight is 364 g/mol. The third kappa shape index (κ3) is 5.95. The van der Waals surface area contributed by atoms with E-state index in [2.05, 4.69) is 15.7 Å². The number of carbonyl (C=O) groups is 1. The van der Waals surface area contributed by atoms with Crippen molar-refractivity contribution in [1.82, 2.24) is 9.55 Å². The Morgan fingerprint density at radius 3 is 2.70 bits per heavy atom. The highest BCUT2D eigenvalue weighted by Gasteiger charge is 2.04. The number of aromatic hydroxyl groups is 1. The van der Waals surface area contributed by atoms with Crippen molar-refractivity contribution >= 4 is 16.7 Å². The molecule has 1 aromatic carbocycles. The number of carbonyl (C=O) groups excluding carboxylic acids is 1. The summed E-state index contributed by atoms with van der Waals surface area (Å²) in [7, 11) is 0. The van der Waals surface area contributed by atoms with Crippen LogP contribution in [0.4, 0.5) is 0 Å². The number of nitrogens with zero attached hydrogens (tertiary/aromatic N) is 2. The monoisotopic (exact) mass is 364 g/mol.